The number of hydrogen-bond acceptors (Lipinski definition) is 6. The third kappa shape index (κ3) is 5.47. The molecule has 0 saturated carbocycles. The number of rotatable bonds is 7. The van der Waals surface area contributed by atoms with Crippen molar-refractivity contribution in [3.63, 3.8) is 0 Å². The van der Waals surface area contributed by atoms with Crippen LogP contribution in [0.15, 0.2) is 47.4 Å². The minimum atomic E-state index is -3.78. The summed E-state index contributed by atoms with van der Waals surface area (Å²) in [7, 11) is -2.52. The first-order valence-corrected chi connectivity index (χ1v) is 11.9. The van der Waals surface area contributed by atoms with Gasteiger partial charge in [-0.3, -0.25) is 9.59 Å². The summed E-state index contributed by atoms with van der Waals surface area (Å²) in [4.78, 5) is 25.0. The maximum Gasteiger partial charge on any atom is 0.307 e. The molecular formula is C22H25ClN2O6S. The number of sulfonamides is 1. The van der Waals surface area contributed by atoms with Gasteiger partial charge in [0.05, 0.1) is 37.7 Å². The Balaban J connectivity index is 1.90. The third-order valence-electron chi connectivity index (χ3n) is 5.22. The minimum Gasteiger partial charge on any atom is -0.469 e. The number of carbonyl (C=O) groups is 2. The number of halogens is 1. The molecule has 1 unspecified atom stereocenters. The lowest BCUT2D eigenvalue weighted by Crippen LogP contribution is -2.41. The van der Waals surface area contributed by atoms with Crippen LogP contribution in [0.4, 0.5) is 0 Å². The largest absolute Gasteiger partial charge is 0.469 e. The molecule has 1 aliphatic heterocycles. The maximum atomic E-state index is 13.1. The lowest BCUT2D eigenvalue weighted by Gasteiger charge is -2.27. The van der Waals surface area contributed by atoms with Crippen molar-refractivity contribution in [2.45, 2.75) is 24.3 Å². The van der Waals surface area contributed by atoms with Gasteiger partial charge < -0.3 is 14.8 Å². The van der Waals surface area contributed by atoms with Crippen LogP contribution in [0.25, 0.3) is 0 Å². The van der Waals surface area contributed by atoms with E-state index in [2.05, 4.69) is 5.32 Å². The predicted octanol–water partition coefficient (Wildman–Crippen LogP) is 2.70. The number of carbonyl (C=O) groups excluding carboxylic acids is 2. The van der Waals surface area contributed by atoms with E-state index in [1.54, 1.807) is 43.3 Å². The van der Waals surface area contributed by atoms with E-state index in [1.165, 1.54) is 17.5 Å². The molecule has 1 amide bonds. The zero-order chi connectivity index (χ0) is 23.3. The average molecular weight is 481 g/mol. The van der Waals surface area contributed by atoms with E-state index >= 15 is 0 Å². The second-order valence-corrected chi connectivity index (χ2v) is 9.64. The number of aryl methyl sites for hydroxylation is 1. The zero-order valence-electron chi connectivity index (χ0n) is 17.8. The molecule has 0 aliphatic carbocycles. The van der Waals surface area contributed by atoms with Gasteiger partial charge in [0.1, 0.15) is 0 Å². The molecule has 1 aliphatic rings. The Hall–Kier alpha value is -2.46. The highest BCUT2D eigenvalue weighted by atomic mass is 35.5. The number of ether oxygens (including phenoxy) is 2. The first-order valence-electron chi connectivity index (χ1n) is 10.0. The van der Waals surface area contributed by atoms with Crippen LogP contribution in [-0.2, 0) is 24.3 Å². The summed E-state index contributed by atoms with van der Waals surface area (Å²) in [6, 6.07) is 10.6. The van der Waals surface area contributed by atoms with Gasteiger partial charge in [-0.25, -0.2) is 8.42 Å². The number of morpholine rings is 1. The quantitative estimate of drug-likeness (QED) is 0.611. The summed E-state index contributed by atoms with van der Waals surface area (Å²) in [5, 5.41) is 3.17. The topological polar surface area (TPSA) is 102 Å². The highest BCUT2D eigenvalue weighted by Gasteiger charge is 2.29. The van der Waals surface area contributed by atoms with Crippen molar-refractivity contribution >= 4 is 33.5 Å². The summed E-state index contributed by atoms with van der Waals surface area (Å²) in [6.45, 7) is 2.84. The third-order valence-corrected chi connectivity index (χ3v) is 7.61. The van der Waals surface area contributed by atoms with Crippen molar-refractivity contribution in [1.29, 1.82) is 0 Å². The van der Waals surface area contributed by atoms with Gasteiger partial charge >= 0.3 is 5.97 Å². The van der Waals surface area contributed by atoms with Gasteiger partial charge in [0.15, 0.2) is 0 Å². The summed E-state index contributed by atoms with van der Waals surface area (Å²) in [5.41, 5.74) is 1.25. The lowest BCUT2D eigenvalue weighted by atomic mass is 10.0. The molecule has 2 aromatic rings. The van der Waals surface area contributed by atoms with Gasteiger partial charge in [0.25, 0.3) is 5.91 Å². The molecule has 1 heterocycles. The normalized spacial score (nSPS) is 15.7. The fourth-order valence-electron chi connectivity index (χ4n) is 3.43. The maximum absolute atomic E-state index is 13.1. The van der Waals surface area contributed by atoms with E-state index in [0.717, 1.165) is 0 Å². The van der Waals surface area contributed by atoms with Crippen LogP contribution in [0.5, 0.6) is 0 Å². The molecule has 1 saturated heterocycles. The molecule has 172 valence electrons. The summed E-state index contributed by atoms with van der Waals surface area (Å²) < 4.78 is 37.6. The Labute approximate surface area is 192 Å². The molecule has 2 aromatic carbocycles. The summed E-state index contributed by atoms with van der Waals surface area (Å²) in [5.74, 6) is -1.05. The second-order valence-electron chi connectivity index (χ2n) is 7.32. The molecular weight excluding hydrogens is 456 g/mol. The predicted molar refractivity (Wildman–Crippen MR) is 119 cm³/mol. The van der Waals surface area contributed by atoms with Crippen molar-refractivity contribution in [3.8, 4) is 0 Å². The molecule has 1 N–H and O–H groups in total. The highest BCUT2D eigenvalue weighted by Crippen LogP contribution is 2.27. The lowest BCUT2D eigenvalue weighted by molar-refractivity contribution is -0.141. The first kappa shape index (κ1) is 24.2. The standard InChI is InChI=1S/C22H25ClN2O6S/c1-15-7-8-16(13-20(15)32(28,29)25-9-11-31-12-10-25)22(27)24-19(14-21(26)30-2)17-5-3-4-6-18(17)23/h3-8,13,19H,9-12,14H2,1-2H3,(H,24,27). The molecule has 8 nitrogen and oxygen atoms in total. The minimum absolute atomic E-state index is 0.0642. The van der Waals surface area contributed by atoms with E-state index in [-0.39, 0.29) is 30.0 Å². The summed E-state index contributed by atoms with van der Waals surface area (Å²) in [6.07, 6.45) is -0.128. The van der Waals surface area contributed by atoms with Crippen LogP contribution in [0.3, 0.4) is 0 Å². The van der Waals surface area contributed by atoms with Gasteiger partial charge in [-0.05, 0) is 36.2 Å². The van der Waals surface area contributed by atoms with Crippen LogP contribution >= 0.6 is 11.6 Å². The molecule has 1 atom stereocenters. The smallest absolute Gasteiger partial charge is 0.307 e. The molecule has 1 fully saturated rings. The molecule has 32 heavy (non-hydrogen) atoms. The second kappa shape index (κ2) is 10.4. The highest BCUT2D eigenvalue weighted by molar-refractivity contribution is 7.89. The van der Waals surface area contributed by atoms with E-state index in [9.17, 15) is 18.0 Å². The van der Waals surface area contributed by atoms with Gasteiger partial charge in [0.2, 0.25) is 10.0 Å². The Morgan fingerprint density at radius 1 is 1.19 bits per heavy atom. The van der Waals surface area contributed by atoms with Crippen molar-refractivity contribution in [2.75, 3.05) is 33.4 Å². The number of benzene rings is 2. The monoisotopic (exact) mass is 480 g/mol. The van der Waals surface area contributed by atoms with Crippen LogP contribution in [0.1, 0.15) is 33.9 Å². The number of nitrogens with zero attached hydrogens (tertiary/aromatic N) is 1. The van der Waals surface area contributed by atoms with Crippen molar-refractivity contribution in [3.05, 3.63) is 64.2 Å². The van der Waals surface area contributed by atoms with Crippen LogP contribution < -0.4 is 5.32 Å². The fraction of sp³-hybridized carbons (Fsp3) is 0.364. The van der Waals surface area contributed by atoms with Gasteiger partial charge in [-0.1, -0.05) is 35.9 Å². The van der Waals surface area contributed by atoms with Crippen molar-refractivity contribution in [1.82, 2.24) is 9.62 Å². The number of hydrogen-bond donors (Lipinski definition) is 1. The Morgan fingerprint density at radius 2 is 1.88 bits per heavy atom. The van der Waals surface area contributed by atoms with Gasteiger partial charge in [-0.15, -0.1) is 0 Å². The van der Waals surface area contributed by atoms with E-state index in [4.69, 9.17) is 21.1 Å². The van der Waals surface area contributed by atoms with E-state index in [0.29, 0.717) is 29.4 Å². The fourth-order valence-corrected chi connectivity index (χ4v) is 5.36. The molecule has 10 heteroatoms. The van der Waals surface area contributed by atoms with Crippen molar-refractivity contribution < 1.29 is 27.5 Å². The van der Waals surface area contributed by atoms with Crippen LogP contribution in [-0.4, -0.2) is 58.0 Å². The Bertz CT molecular complexity index is 1100. The average Bonchev–Trinajstić information content (AvgIpc) is 2.79. The van der Waals surface area contributed by atoms with Gasteiger partial charge in [0, 0.05) is 23.7 Å². The molecule has 3 rings (SSSR count). The van der Waals surface area contributed by atoms with Crippen LogP contribution in [0, 0.1) is 6.92 Å². The number of esters is 1. The SMILES string of the molecule is COC(=O)CC(NC(=O)c1ccc(C)c(S(=O)(=O)N2CCOCC2)c1)c1ccccc1Cl. The molecule has 0 aromatic heterocycles. The molecule has 0 radical (unpaired) electrons. The van der Waals surface area contributed by atoms with Crippen LogP contribution in [0.2, 0.25) is 5.02 Å². The molecule has 0 spiro atoms. The van der Waals surface area contributed by atoms with E-state index < -0.39 is 27.9 Å². The number of amides is 1. The van der Waals surface area contributed by atoms with E-state index in [1.807, 2.05) is 0 Å². The zero-order valence-corrected chi connectivity index (χ0v) is 19.4. The Morgan fingerprint density at radius 3 is 2.53 bits per heavy atom. The number of methoxy groups -OCH3 is 1. The molecule has 0 bridgehead atoms. The van der Waals surface area contributed by atoms with Gasteiger partial charge in [-0.2, -0.15) is 4.31 Å². The first-order chi connectivity index (χ1) is 15.2. The number of nitrogens with one attached hydrogen (secondary N) is 1. The summed E-state index contributed by atoms with van der Waals surface area (Å²) >= 11 is 6.27. The Kier molecular flexibility index (Phi) is 7.89. The van der Waals surface area contributed by atoms with Crippen molar-refractivity contribution in [2.24, 2.45) is 0 Å².